The van der Waals surface area contributed by atoms with E-state index in [0.29, 0.717) is 5.82 Å². The van der Waals surface area contributed by atoms with E-state index in [1.165, 1.54) is 4.90 Å². The Hall–Kier alpha value is -2.34. The van der Waals surface area contributed by atoms with Gasteiger partial charge >= 0.3 is 0 Å². The van der Waals surface area contributed by atoms with E-state index in [1.54, 1.807) is 24.2 Å². The average Bonchev–Trinajstić information content (AvgIpc) is 2.52. The first-order chi connectivity index (χ1) is 11.2. The van der Waals surface area contributed by atoms with Crippen molar-refractivity contribution in [3.63, 3.8) is 0 Å². The van der Waals surface area contributed by atoms with Gasteiger partial charge < -0.3 is 11.1 Å². The molecule has 2 rings (SSSR count). The smallest absolute Gasteiger partial charge is 0.222 e. The molecule has 0 saturated heterocycles. The van der Waals surface area contributed by atoms with Crippen molar-refractivity contribution in [3.05, 3.63) is 60.2 Å². The highest BCUT2D eigenvalue weighted by Gasteiger charge is 2.00. The summed E-state index contributed by atoms with van der Waals surface area (Å²) in [4.78, 5) is 13.5. The third kappa shape index (κ3) is 6.12. The highest BCUT2D eigenvalue weighted by molar-refractivity contribution is 7.99. The van der Waals surface area contributed by atoms with Crippen molar-refractivity contribution in [2.24, 2.45) is 0 Å². The number of nitrogens with zero attached hydrogens (tertiary/aromatic N) is 3. The average molecular weight is 327 g/mol. The summed E-state index contributed by atoms with van der Waals surface area (Å²) >= 11 is 1.76. The second-order valence-electron chi connectivity index (χ2n) is 4.84. The quantitative estimate of drug-likeness (QED) is 0.595. The van der Waals surface area contributed by atoms with Crippen molar-refractivity contribution in [2.45, 2.75) is 25.2 Å². The first-order valence-electron chi connectivity index (χ1n) is 7.45. The Kier molecular flexibility index (Phi) is 6.62. The van der Waals surface area contributed by atoms with Gasteiger partial charge in [-0.3, -0.25) is 4.98 Å². The summed E-state index contributed by atoms with van der Waals surface area (Å²) in [6.07, 6.45) is 10.8. The first-order valence-corrected chi connectivity index (χ1v) is 8.43. The van der Waals surface area contributed by atoms with Gasteiger partial charge in [-0.2, -0.15) is 4.98 Å². The van der Waals surface area contributed by atoms with Crippen LogP contribution in [0.3, 0.4) is 0 Å². The lowest BCUT2D eigenvalue weighted by atomic mass is 10.3. The number of nitrogens with one attached hydrogen (secondary N) is 1. The molecule has 0 amide bonds. The molecule has 2 aromatic heterocycles. The number of anilines is 2. The number of hydrogen-bond acceptors (Lipinski definition) is 6. The van der Waals surface area contributed by atoms with Crippen molar-refractivity contribution in [3.8, 4) is 0 Å². The van der Waals surface area contributed by atoms with E-state index in [0.717, 1.165) is 23.6 Å². The highest BCUT2D eigenvalue weighted by Crippen LogP contribution is 2.17. The molecule has 0 bridgehead atoms. The Morgan fingerprint density at radius 2 is 2.09 bits per heavy atom. The van der Waals surface area contributed by atoms with E-state index in [4.69, 9.17) is 5.73 Å². The standard InChI is InChI=1S/C17H21N5S/c1-3-5-14(21-16-12-13(2)20-17(18)22-16)6-4-11-23-15-7-9-19-10-8-15/h4-10,12H,3,11H2,1-2H3,(H3,18,20,21,22)/b6-4-,14-5+. The van der Waals surface area contributed by atoms with Crippen LogP contribution in [0, 0.1) is 6.92 Å². The van der Waals surface area contributed by atoms with Crippen LogP contribution in [0.1, 0.15) is 19.0 Å². The van der Waals surface area contributed by atoms with Crippen LogP contribution >= 0.6 is 11.8 Å². The van der Waals surface area contributed by atoms with Crippen LogP contribution < -0.4 is 11.1 Å². The Morgan fingerprint density at radius 1 is 1.30 bits per heavy atom. The van der Waals surface area contributed by atoms with E-state index in [2.05, 4.69) is 45.4 Å². The van der Waals surface area contributed by atoms with Gasteiger partial charge in [0, 0.05) is 40.5 Å². The predicted octanol–water partition coefficient (Wildman–Crippen LogP) is 3.82. The van der Waals surface area contributed by atoms with E-state index in [-0.39, 0.29) is 5.95 Å². The molecular weight excluding hydrogens is 306 g/mol. The van der Waals surface area contributed by atoms with Crippen LogP contribution in [0.15, 0.2) is 59.4 Å². The number of rotatable bonds is 7. The fraction of sp³-hybridized carbons (Fsp3) is 0.235. The minimum Gasteiger partial charge on any atom is -0.368 e. The van der Waals surface area contributed by atoms with Crippen molar-refractivity contribution in [1.82, 2.24) is 15.0 Å². The Morgan fingerprint density at radius 3 is 2.78 bits per heavy atom. The molecule has 0 aliphatic carbocycles. The van der Waals surface area contributed by atoms with Gasteiger partial charge in [0.15, 0.2) is 0 Å². The van der Waals surface area contributed by atoms with E-state index < -0.39 is 0 Å². The van der Waals surface area contributed by atoms with Gasteiger partial charge in [-0.15, -0.1) is 11.8 Å². The summed E-state index contributed by atoms with van der Waals surface area (Å²) in [5.74, 6) is 1.87. The summed E-state index contributed by atoms with van der Waals surface area (Å²) in [5, 5.41) is 3.28. The molecule has 0 aromatic carbocycles. The van der Waals surface area contributed by atoms with Crippen LogP contribution in [-0.2, 0) is 0 Å². The van der Waals surface area contributed by atoms with Crippen LogP contribution in [0.4, 0.5) is 11.8 Å². The number of aryl methyl sites for hydroxylation is 1. The number of thioether (sulfide) groups is 1. The van der Waals surface area contributed by atoms with Crippen molar-refractivity contribution < 1.29 is 0 Å². The zero-order valence-corrected chi connectivity index (χ0v) is 14.2. The second-order valence-corrected chi connectivity index (χ2v) is 5.94. The van der Waals surface area contributed by atoms with Crippen LogP contribution in [0.2, 0.25) is 0 Å². The van der Waals surface area contributed by atoms with Gasteiger partial charge in [0.2, 0.25) is 5.95 Å². The number of pyridine rings is 1. The lowest BCUT2D eigenvalue weighted by molar-refractivity contribution is 1.11. The van der Waals surface area contributed by atoms with Crippen LogP contribution in [0.25, 0.3) is 0 Å². The minimum absolute atomic E-state index is 0.278. The third-order valence-electron chi connectivity index (χ3n) is 2.86. The van der Waals surface area contributed by atoms with Gasteiger partial charge in [-0.05, 0) is 31.6 Å². The highest BCUT2D eigenvalue weighted by atomic mass is 32.2. The lowest BCUT2D eigenvalue weighted by Crippen LogP contribution is -2.04. The molecule has 120 valence electrons. The van der Waals surface area contributed by atoms with Crippen LogP contribution in [-0.4, -0.2) is 20.7 Å². The van der Waals surface area contributed by atoms with Crippen LogP contribution in [0.5, 0.6) is 0 Å². The molecule has 3 N–H and O–H groups in total. The molecule has 23 heavy (non-hydrogen) atoms. The maximum absolute atomic E-state index is 5.69. The number of aromatic nitrogens is 3. The van der Waals surface area contributed by atoms with Gasteiger partial charge in [-0.25, -0.2) is 4.98 Å². The number of hydrogen-bond donors (Lipinski definition) is 2. The number of nitrogen functional groups attached to an aromatic ring is 1. The molecule has 0 saturated carbocycles. The van der Waals surface area contributed by atoms with Crippen molar-refractivity contribution in [1.29, 1.82) is 0 Å². The zero-order valence-electron chi connectivity index (χ0n) is 13.4. The van der Waals surface area contributed by atoms with Crippen molar-refractivity contribution in [2.75, 3.05) is 16.8 Å². The molecule has 2 aromatic rings. The predicted molar refractivity (Wildman–Crippen MR) is 97.3 cm³/mol. The Bertz CT molecular complexity index is 662. The van der Waals surface area contributed by atoms with E-state index in [1.807, 2.05) is 25.1 Å². The molecule has 0 aliphatic rings. The maximum atomic E-state index is 5.69. The van der Waals surface area contributed by atoms with Gasteiger partial charge in [0.25, 0.3) is 0 Å². The number of nitrogens with two attached hydrogens (primary N) is 1. The lowest BCUT2D eigenvalue weighted by Gasteiger charge is -2.08. The van der Waals surface area contributed by atoms with Gasteiger partial charge in [-0.1, -0.05) is 19.1 Å². The molecule has 0 radical (unpaired) electrons. The molecular formula is C17H21N5S. The van der Waals surface area contributed by atoms with Gasteiger partial charge in [0.05, 0.1) is 0 Å². The molecule has 0 atom stereocenters. The monoisotopic (exact) mass is 327 g/mol. The van der Waals surface area contributed by atoms with E-state index in [9.17, 15) is 0 Å². The molecule has 0 unspecified atom stereocenters. The van der Waals surface area contributed by atoms with E-state index >= 15 is 0 Å². The van der Waals surface area contributed by atoms with Crippen molar-refractivity contribution >= 4 is 23.5 Å². The first kappa shape index (κ1) is 17.0. The second kappa shape index (κ2) is 8.95. The fourth-order valence-electron chi connectivity index (χ4n) is 1.94. The topological polar surface area (TPSA) is 76.7 Å². The summed E-state index contributed by atoms with van der Waals surface area (Å²) < 4.78 is 0. The summed E-state index contributed by atoms with van der Waals surface area (Å²) in [6.45, 7) is 3.99. The van der Waals surface area contributed by atoms with Gasteiger partial charge in [0.1, 0.15) is 5.82 Å². The summed E-state index contributed by atoms with van der Waals surface area (Å²) in [6, 6.07) is 5.89. The maximum Gasteiger partial charge on any atom is 0.222 e. The molecule has 2 heterocycles. The summed E-state index contributed by atoms with van der Waals surface area (Å²) in [7, 11) is 0. The molecule has 0 fully saturated rings. The molecule has 6 heteroatoms. The normalized spacial score (nSPS) is 11.8. The summed E-state index contributed by atoms with van der Waals surface area (Å²) in [5.41, 5.74) is 7.53. The third-order valence-corrected chi connectivity index (χ3v) is 3.83. The minimum atomic E-state index is 0.278. The zero-order chi connectivity index (χ0) is 16.5. The molecule has 5 nitrogen and oxygen atoms in total. The number of allylic oxidation sites excluding steroid dienone is 2. The fourth-order valence-corrected chi connectivity index (χ4v) is 2.64. The SMILES string of the molecule is CC/C=C(\C=C/CSc1ccncc1)Nc1cc(C)nc(N)n1. The Labute approximate surface area is 141 Å². The Balaban J connectivity index is 1.95. The largest absolute Gasteiger partial charge is 0.368 e. The molecule has 0 aliphatic heterocycles. The molecule has 0 spiro atoms.